The molecule has 7 heteroatoms. The molecule has 1 aliphatic heterocycles. The van der Waals surface area contributed by atoms with E-state index in [2.05, 4.69) is 20.5 Å². The van der Waals surface area contributed by atoms with E-state index in [1.807, 2.05) is 16.7 Å². The standard InChI is InChI=1S/C14H17N5O2/c20-13-6-9-21-8-2-1-7-19-10-15-18-14(19)11-4-3-5-12(16-11)17-13/h3-5,10H,1-2,6-9H2,(H,16,17,20). The van der Waals surface area contributed by atoms with Crippen molar-refractivity contribution in [1.82, 2.24) is 19.7 Å². The Balaban J connectivity index is 1.90. The number of ether oxygens (including phenoxy) is 1. The summed E-state index contributed by atoms with van der Waals surface area (Å²) < 4.78 is 7.42. The summed E-state index contributed by atoms with van der Waals surface area (Å²) in [5.74, 6) is 1.13. The van der Waals surface area contributed by atoms with Crippen molar-refractivity contribution in [3.05, 3.63) is 24.5 Å². The predicted molar refractivity (Wildman–Crippen MR) is 76.6 cm³/mol. The van der Waals surface area contributed by atoms with Crippen LogP contribution in [0.15, 0.2) is 24.5 Å². The Morgan fingerprint density at radius 3 is 3.14 bits per heavy atom. The average Bonchev–Trinajstić information content (AvgIpc) is 2.94. The molecule has 1 amide bonds. The fraction of sp³-hybridized carbons (Fsp3) is 0.429. The maximum absolute atomic E-state index is 11.8. The van der Waals surface area contributed by atoms with E-state index in [0.717, 1.165) is 19.4 Å². The summed E-state index contributed by atoms with van der Waals surface area (Å²) in [6.07, 6.45) is 3.95. The molecule has 1 N–H and O–H groups in total. The largest absolute Gasteiger partial charge is 0.381 e. The molecule has 0 saturated heterocycles. The van der Waals surface area contributed by atoms with Gasteiger partial charge in [-0.1, -0.05) is 6.07 Å². The maximum atomic E-state index is 11.8. The van der Waals surface area contributed by atoms with E-state index < -0.39 is 0 Å². The molecule has 0 spiro atoms. The molecule has 21 heavy (non-hydrogen) atoms. The number of fused-ring (bicyclic) bond motifs is 4. The first-order valence-electron chi connectivity index (χ1n) is 7.06. The normalized spacial score (nSPS) is 16.7. The van der Waals surface area contributed by atoms with Crippen LogP contribution in [0.2, 0.25) is 0 Å². The highest BCUT2D eigenvalue weighted by molar-refractivity contribution is 5.90. The quantitative estimate of drug-likeness (QED) is 0.793. The summed E-state index contributed by atoms with van der Waals surface area (Å²) in [5, 5.41) is 10.9. The fourth-order valence-electron chi connectivity index (χ4n) is 2.20. The highest BCUT2D eigenvalue weighted by Gasteiger charge is 2.11. The smallest absolute Gasteiger partial charge is 0.227 e. The van der Waals surface area contributed by atoms with Crippen LogP contribution < -0.4 is 5.32 Å². The van der Waals surface area contributed by atoms with Crippen LogP contribution in [0, 0.1) is 0 Å². The van der Waals surface area contributed by atoms with E-state index in [9.17, 15) is 4.79 Å². The number of nitrogens with one attached hydrogen (secondary N) is 1. The molecule has 1 aliphatic rings. The number of pyridine rings is 1. The van der Waals surface area contributed by atoms with E-state index in [0.29, 0.717) is 37.0 Å². The molecule has 110 valence electrons. The Hall–Kier alpha value is -2.28. The minimum atomic E-state index is -0.0989. The lowest BCUT2D eigenvalue weighted by molar-refractivity contribution is -0.117. The van der Waals surface area contributed by atoms with Crippen molar-refractivity contribution >= 4 is 11.7 Å². The van der Waals surface area contributed by atoms with Gasteiger partial charge in [0.15, 0.2) is 5.82 Å². The van der Waals surface area contributed by atoms with Crippen molar-refractivity contribution < 1.29 is 9.53 Å². The summed E-state index contributed by atoms with van der Waals surface area (Å²) in [7, 11) is 0. The third kappa shape index (κ3) is 3.43. The first-order valence-corrected chi connectivity index (χ1v) is 7.06. The summed E-state index contributed by atoms with van der Waals surface area (Å²) in [4.78, 5) is 16.2. The monoisotopic (exact) mass is 287 g/mol. The van der Waals surface area contributed by atoms with Crippen LogP contribution in [0.1, 0.15) is 19.3 Å². The minimum absolute atomic E-state index is 0.0989. The Morgan fingerprint density at radius 2 is 2.19 bits per heavy atom. The first-order chi connectivity index (χ1) is 10.3. The van der Waals surface area contributed by atoms with Gasteiger partial charge < -0.3 is 14.6 Å². The molecule has 2 aromatic rings. The summed E-state index contributed by atoms with van der Waals surface area (Å²) in [5.41, 5.74) is 0.707. The van der Waals surface area contributed by atoms with Gasteiger partial charge in [-0.05, 0) is 25.0 Å². The van der Waals surface area contributed by atoms with Gasteiger partial charge in [-0.25, -0.2) is 4.98 Å². The lowest BCUT2D eigenvalue weighted by Gasteiger charge is -2.10. The van der Waals surface area contributed by atoms with Gasteiger partial charge in [-0.2, -0.15) is 0 Å². The molecule has 0 fully saturated rings. The second kappa shape index (κ2) is 6.45. The van der Waals surface area contributed by atoms with Crippen LogP contribution in [-0.4, -0.2) is 38.9 Å². The number of aromatic nitrogens is 4. The third-order valence-electron chi connectivity index (χ3n) is 3.27. The molecular formula is C14H17N5O2. The Bertz CT molecular complexity index is 625. The number of hydrogen-bond acceptors (Lipinski definition) is 5. The van der Waals surface area contributed by atoms with Gasteiger partial charge in [-0.15, -0.1) is 10.2 Å². The average molecular weight is 287 g/mol. The van der Waals surface area contributed by atoms with E-state index in [1.54, 1.807) is 12.4 Å². The maximum Gasteiger partial charge on any atom is 0.227 e. The first kappa shape index (κ1) is 13.7. The summed E-state index contributed by atoms with van der Waals surface area (Å²) >= 11 is 0. The zero-order chi connectivity index (χ0) is 14.5. The zero-order valence-electron chi connectivity index (χ0n) is 11.7. The van der Waals surface area contributed by atoms with E-state index in [1.165, 1.54) is 0 Å². The van der Waals surface area contributed by atoms with Gasteiger partial charge >= 0.3 is 0 Å². The second-order valence-electron chi connectivity index (χ2n) is 4.87. The van der Waals surface area contributed by atoms with Gasteiger partial charge in [0.2, 0.25) is 5.91 Å². The van der Waals surface area contributed by atoms with E-state index in [4.69, 9.17) is 4.74 Å². The van der Waals surface area contributed by atoms with Crippen molar-refractivity contribution in [3.63, 3.8) is 0 Å². The Morgan fingerprint density at radius 1 is 1.24 bits per heavy atom. The van der Waals surface area contributed by atoms with Crippen LogP contribution in [0.4, 0.5) is 5.82 Å². The number of amides is 1. The van der Waals surface area contributed by atoms with Gasteiger partial charge in [0.25, 0.3) is 0 Å². The number of hydrogen-bond donors (Lipinski definition) is 1. The third-order valence-corrected chi connectivity index (χ3v) is 3.27. The number of carbonyl (C=O) groups is 1. The highest BCUT2D eigenvalue weighted by atomic mass is 16.5. The van der Waals surface area contributed by atoms with E-state index in [-0.39, 0.29) is 5.91 Å². The molecule has 2 bridgehead atoms. The molecule has 0 aromatic carbocycles. The zero-order valence-corrected chi connectivity index (χ0v) is 11.7. The fourth-order valence-corrected chi connectivity index (χ4v) is 2.20. The molecule has 3 heterocycles. The molecule has 0 radical (unpaired) electrons. The van der Waals surface area contributed by atoms with Crippen LogP contribution in [-0.2, 0) is 16.1 Å². The lowest BCUT2D eigenvalue weighted by Crippen LogP contribution is -2.16. The Labute approximate surface area is 122 Å². The van der Waals surface area contributed by atoms with Crippen LogP contribution in [0.5, 0.6) is 0 Å². The molecule has 0 saturated carbocycles. The SMILES string of the molecule is O=C1CCOCCCCn2cnnc2-c2cccc(n2)N1. The topological polar surface area (TPSA) is 81.9 Å². The summed E-state index contributed by atoms with van der Waals surface area (Å²) in [6.45, 7) is 1.92. The van der Waals surface area contributed by atoms with Crippen LogP contribution >= 0.6 is 0 Å². The number of nitrogens with zero attached hydrogens (tertiary/aromatic N) is 4. The molecule has 0 atom stereocenters. The molecule has 0 unspecified atom stereocenters. The molecule has 3 rings (SSSR count). The van der Waals surface area contributed by atoms with Gasteiger partial charge in [0, 0.05) is 13.2 Å². The number of anilines is 1. The molecule has 2 aromatic heterocycles. The van der Waals surface area contributed by atoms with Crippen molar-refractivity contribution in [1.29, 1.82) is 0 Å². The minimum Gasteiger partial charge on any atom is -0.381 e. The van der Waals surface area contributed by atoms with E-state index >= 15 is 0 Å². The van der Waals surface area contributed by atoms with Crippen LogP contribution in [0.25, 0.3) is 11.5 Å². The van der Waals surface area contributed by atoms with Crippen molar-refractivity contribution in [2.75, 3.05) is 18.5 Å². The predicted octanol–water partition coefficient (Wildman–Crippen LogP) is 1.48. The lowest BCUT2D eigenvalue weighted by atomic mass is 10.3. The number of carbonyl (C=O) groups excluding carboxylic acids is 1. The number of rotatable bonds is 0. The molecule has 0 aliphatic carbocycles. The molecule has 7 nitrogen and oxygen atoms in total. The highest BCUT2D eigenvalue weighted by Crippen LogP contribution is 2.17. The van der Waals surface area contributed by atoms with Gasteiger partial charge in [0.05, 0.1) is 13.0 Å². The van der Waals surface area contributed by atoms with Gasteiger partial charge in [-0.3, -0.25) is 4.79 Å². The number of aryl methyl sites for hydroxylation is 1. The Kier molecular flexibility index (Phi) is 4.20. The van der Waals surface area contributed by atoms with Gasteiger partial charge in [0.1, 0.15) is 17.8 Å². The van der Waals surface area contributed by atoms with Crippen molar-refractivity contribution in [2.45, 2.75) is 25.8 Å². The molecular weight excluding hydrogens is 270 g/mol. The van der Waals surface area contributed by atoms with Crippen LogP contribution in [0.3, 0.4) is 0 Å². The summed E-state index contributed by atoms with van der Waals surface area (Å²) in [6, 6.07) is 5.47. The van der Waals surface area contributed by atoms with Crippen molar-refractivity contribution in [2.24, 2.45) is 0 Å². The second-order valence-corrected chi connectivity index (χ2v) is 4.87. The van der Waals surface area contributed by atoms with Crippen molar-refractivity contribution in [3.8, 4) is 11.5 Å².